The Hall–Kier alpha value is -1.82. The van der Waals surface area contributed by atoms with Crippen molar-refractivity contribution in [1.29, 1.82) is 0 Å². The first kappa shape index (κ1) is 14.6. The number of anilines is 1. The molecule has 0 spiro atoms. The third kappa shape index (κ3) is 3.39. The molecule has 0 saturated heterocycles. The zero-order chi connectivity index (χ0) is 14.8. The van der Waals surface area contributed by atoms with E-state index in [-0.39, 0.29) is 13.2 Å². The Morgan fingerprint density at radius 2 is 1.95 bits per heavy atom. The predicted molar refractivity (Wildman–Crippen MR) is 71.6 cm³/mol. The summed E-state index contributed by atoms with van der Waals surface area (Å²) in [4.78, 5) is 5.70. The quantitative estimate of drug-likeness (QED) is 0.937. The average molecular weight is 284 g/mol. The van der Waals surface area contributed by atoms with E-state index in [4.69, 9.17) is 0 Å². The van der Waals surface area contributed by atoms with Gasteiger partial charge < -0.3 is 10.0 Å². The molecule has 0 radical (unpaired) electrons. The van der Waals surface area contributed by atoms with Crippen LogP contribution in [0.4, 0.5) is 19.0 Å². The molecule has 0 saturated carbocycles. The molecule has 20 heavy (non-hydrogen) atoms. The van der Waals surface area contributed by atoms with Crippen molar-refractivity contribution in [2.24, 2.45) is 0 Å². The van der Waals surface area contributed by atoms with Crippen LogP contribution in [-0.4, -0.2) is 29.9 Å². The molecule has 0 atom stereocenters. The molecular weight excluding hydrogens is 269 g/mol. The fourth-order valence-corrected chi connectivity index (χ4v) is 2.01. The molecule has 1 aromatic carbocycles. The van der Waals surface area contributed by atoms with Gasteiger partial charge in [-0.25, -0.2) is 4.98 Å². The number of rotatable bonds is 4. The molecule has 1 heterocycles. The van der Waals surface area contributed by atoms with E-state index in [1.54, 1.807) is 13.1 Å². The van der Waals surface area contributed by atoms with Crippen LogP contribution in [0.15, 0.2) is 30.3 Å². The molecule has 0 aliphatic carbocycles. The molecule has 1 aromatic heterocycles. The number of pyridine rings is 1. The Balaban J connectivity index is 2.36. The summed E-state index contributed by atoms with van der Waals surface area (Å²) in [6.07, 6.45) is -5.10. The summed E-state index contributed by atoms with van der Waals surface area (Å²) in [5.74, 6) is 0.455. The largest absolute Gasteiger partial charge is 0.390 e. The number of alkyl halides is 3. The lowest BCUT2D eigenvalue weighted by Gasteiger charge is -2.21. The van der Waals surface area contributed by atoms with Gasteiger partial charge in [0, 0.05) is 19.0 Å². The second kappa shape index (κ2) is 5.66. The van der Waals surface area contributed by atoms with Crippen molar-refractivity contribution < 1.29 is 18.3 Å². The van der Waals surface area contributed by atoms with Gasteiger partial charge in [-0.2, -0.15) is 13.2 Å². The third-order valence-electron chi connectivity index (χ3n) is 3.03. The van der Waals surface area contributed by atoms with E-state index >= 15 is 0 Å². The van der Waals surface area contributed by atoms with Gasteiger partial charge in [-0.1, -0.05) is 24.3 Å². The fraction of sp³-hybridized carbons (Fsp3) is 0.357. The SMILES string of the molecule is CN(CCC(F)(F)F)c1nc(CO)cc2ccccc12. The lowest BCUT2D eigenvalue weighted by atomic mass is 10.1. The van der Waals surface area contributed by atoms with Crippen molar-refractivity contribution in [2.75, 3.05) is 18.5 Å². The third-order valence-corrected chi connectivity index (χ3v) is 3.03. The van der Waals surface area contributed by atoms with E-state index in [1.807, 2.05) is 24.3 Å². The number of hydrogen-bond acceptors (Lipinski definition) is 3. The maximum atomic E-state index is 12.3. The van der Waals surface area contributed by atoms with Crippen molar-refractivity contribution in [3.8, 4) is 0 Å². The summed E-state index contributed by atoms with van der Waals surface area (Å²) in [5, 5.41) is 10.8. The second-order valence-corrected chi connectivity index (χ2v) is 4.60. The van der Waals surface area contributed by atoms with E-state index in [9.17, 15) is 18.3 Å². The molecule has 0 aliphatic heterocycles. The maximum absolute atomic E-state index is 12.3. The highest BCUT2D eigenvalue weighted by molar-refractivity contribution is 5.92. The molecule has 108 valence electrons. The molecule has 0 bridgehead atoms. The van der Waals surface area contributed by atoms with Crippen molar-refractivity contribution in [3.05, 3.63) is 36.0 Å². The van der Waals surface area contributed by atoms with Gasteiger partial charge >= 0.3 is 6.18 Å². The molecule has 3 nitrogen and oxygen atoms in total. The van der Waals surface area contributed by atoms with Crippen molar-refractivity contribution >= 4 is 16.6 Å². The van der Waals surface area contributed by atoms with Crippen LogP contribution in [0.5, 0.6) is 0 Å². The van der Waals surface area contributed by atoms with Gasteiger partial charge in [-0.05, 0) is 11.5 Å². The summed E-state index contributed by atoms with van der Waals surface area (Å²) < 4.78 is 36.9. The van der Waals surface area contributed by atoms with E-state index in [0.29, 0.717) is 11.5 Å². The average Bonchev–Trinajstić information content (AvgIpc) is 2.42. The number of benzene rings is 1. The standard InChI is InChI=1S/C14H15F3N2O/c1-19(7-6-14(15,16)17)13-12-5-3-2-4-10(12)8-11(9-20)18-13/h2-5,8,20H,6-7,9H2,1H3. The molecule has 0 aliphatic rings. The Kier molecular flexibility index (Phi) is 4.13. The Labute approximate surface area is 114 Å². The minimum Gasteiger partial charge on any atom is -0.390 e. The van der Waals surface area contributed by atoms with Crippen LogP contribution in [-0.2, 0) is 6.61 Å². The second-order valence-electron chi connectivity index (χ2n) is 4.60. The molecule has 1 N–H and O–H groups in total. The Morgan fingerprint density at radius 3 is 2.60 bits per heavy atom. The van der Waals surface area contributed by atoms with Gasteiger partial charge in [0.05, 0.1) is 18.7 Å². The zero-order valence-electron chi connectivity index (χ0n) is 11.0. The normalized spacial score (nSPS) is 11.8. The van der Waals surface area contributed by atoms with E-state index < -0.39 is 12.6 Å². The molecular formula is C14H15F3N2O. The highest BCUT2D eigenvalue weighted by atomic mass is 19.4. The van der Waals surface area contributed by atoms with Crippen LogP contribution in [0, 0.1) is 0 Å². The number of hydrogen-bond donors (Lipinski definition) is 1. The van der Waals surface area contributed by atoms with Gasteiger partial charge in [0.25, 0.3) is 0 Å². The summed E-state index contributed by atoms with van der Waals surface area (Å²) in [5.41, 5.74) is 0.442. The van der Waals surface area contributed by atoms with Crippen LogP contribution in [0.2, 0.25) is 0 Å². The number of nitrogens with zero attached hydrogens (tertiary/aromatic N) is 2. The number of aliphatic hydroxyl groups excluding tert-OH is 1. The first-order chi connectivity index (χ1) is 9.40. The van der Waals surface area contributed by atoms with E-state index in [2.05, 4.69) is 4.98 Å². The van der Waals surface area contributed by atoms with Gasteiger partial charge in [0.2, 0.25) is 0 Å². The summed E-state index contributed by atoms with van der Waals surface area (Å²) in [7, 11) is 1.57. The lowest BCUT2D eigenvalue weighted by Crippen LogP contribution is -2.25. The number of halogens is 3. The lowest BCUT2D eigenvalue weighted by molar-refractivity contribution is -0.132. The smallest absolute Gasteiger partial charge is 0.390 e. The molecule has 2 rings (SSSR count). The summed E-state index contributed by atoms with van der Waals surface area (Å²) >= 11 is 0. The van der Waals surface area contributed by atoms with Crippen LogP contribution in [0.25, 0.3) is 10.8 Å². The van der Waals surface area contributed by atoms with Crippen molar-refractivity contribution in [1.82, 2.24) is 4.98 Å². The minimum absolute atomic E-state index is 0.171. The van der Waals surface area contributed by atoms with Crippen LogP contribution >= 0.6 is 0 Å². The van der Waals surface area contributed by atoms with Crippen molar-refractivity contribution in [2.45, 2.75) is 19.2 Å². The first-order valence-corrected chi connectivity index (χ1v) is 6.18. The molecule has 0 unspecified atom stereocenters. The maximum Gasteiger partial charge on any atom is 0.390 e. The topological polar surface area (TPSA) is 36.4 Å². The van der Waals surface area contributed by atoms with Gasteiger partial charge in [0.1, 0.15) is 5.82 Å². The van der Waals surface area contributed by atoms with Gasteiger partial charge in [-0.15, -0.1) is 0 Å². The minimum atomic E-state index is -4.20. The summed E-state index contributed by atoms with van der Waals surface area (Å²) in [6, 6.07) is 9.03. The first-order valence-electron chi connectivity index (χ1n) is 6.18. The predicted octanol–water partition coefficient (Wildman–Crippen LogP) is 3.12. The van der Waals surface area contributed by atoms with E-state index in [0.717, 1.165) is 10.8 Å². The van der Waals surface area contributed by atoms with Crippen LogP contribution in [0.1, 0.15) is 12.1 Å². The van der Waals surface area contributed by atoms with Crippen molar-refractivity contribution in [3.63, 3.8) is 0 Å². The van der Waals surface area contributed by atoms with Crippen LogP contribution in [0.3, 0.4) is 0 Å². The van der Waals surface area contributed by atoms with Crippen LogP contribution < -0.4 is 4.90 Å². The fourth-order valence-electron chi connectivity index (χ4n) is 2.01. The monoisotopic (exact) mass is 284 g/mol. The highest BCUT2D eigenvalue weighted by Crippen LogP contribution is 2.27. The van der Waals surface area contributed by atoms with Gasteiger partial charge in [-0.3, -0.25) is 0 Å². The highest BCUT2D eigenvalue weighted by Gasteiger charge is 2.27. The molecule has 0 fully saturated rings. The number of fused-ring (bicyclic) bond motifs is 1. The number of aliphatic hydroxyl groups is 1. The number of aromatic nitrogens is 1. The molecule has 2 aromatic rings. The molecule has 0 amide bonds. The summed E-state index contributed by atoms with van der Waals surface area (Å²) in [6.45, 7) is -0.416. The Morgan fingerprint density at radius 1 is 1.25 bits per heavy atom. The van der Waals surface area contributed by atoms with Gasteiger partial charge in [0.15, 0.2) is 0 Å². The molecule has 6 heteroatoms. The Bertz CT molecular complexity index is 598. The van der Waals surface area contributed by atoms with E-state index in [1.165, 1.54) is 4.90 Å². The zero-order valence-corrected chi connectivity index (χ0v) is 11.0.